The van der Waals surface area contributed by atoms with Crippen LogP contribution in [-0.2, 0) is 33.3 Å². The predicted octanol–water partition coefficient (Wildman–Crippen LogP) is 3.35. The molecule has 2 fully saturated rings. The van der Waals surface area contributed by atoms with Crippen LogP contribution in [0.3, 0.4) is 0 Å². The van der Waals surface area contributed by atoms with Gasteiger partial charge in [-0.1, -0.05) is 27.7 Å². The average molecular weight is 686 g/mol. The maximum atomic E-state index is 13.8. The SMILES string of the molecule is CC[C@H]1OC(=O)[C@H](C)[C@@H](OC(C)=O)[C@H](C)[C@@H](OC2OC(C)CC(N(C)C)C2O)[C@](C)(OC)C[C@@H](C)/C(=N\N=C(C)C)[C@H](C)[C@@H](O)[C@]1(C)O. The van der Waals surface area contributed by atoms with Gasteiger partial charge in [0.15, 0.2) is 6.29 Å². The van der Waals surface area contributed by atoms with E-state index in [1.807, 2.05) is 39.8 Å². The van der Waals surface area contributed by atoms with E-state index in [0.717, 1.165) is 0 Å². The van der Waals surface area contributed by atoms with E-state index in [1.165, 1.54) is 13.8 Å². The van der Waals surface area contributed by atoms with Crippen molar-refractivity contribution < 1.29 is 48.6 Å². The van der Waals surface area contributed by atoms with Gasteiger partial charge in [-0.3, -0.25) is 9.59 Å². The molecule has 2 aliphatic rings. The molecular weight excluding hydrogens is 622 g/mol. The van der Waals surface area contributed by atoms with Gasteiger partial charge in [-0.2, -0.15) is 10.2 Å². The van der Waals surface area contributed by atoms with Crippen LogP contribution in [0.1, 0.15) is 95.4 Å². The fraction of sp³-hybridized carbons (Fsp3) is 0.886. The molecule has 13 nitrogen and oxygen atoms in total. The smallest absolute Gasteiger partial charge is 0.312 e. The number of esters is 2. The topological polar surface area (TPSA) is 169 Å². The average Bonchev–Trinajstić information content (AvgIpc) is 3.00. The Morgan fingerprint density at radius 3 is 2.17 bits per heavy atom. The fourth-order valence-corrected chi connectivity index (χ4v) is 7.33. The maximum Gasteiger partial charge on any atom is 0.312 e. The van der Waals surface area contributed by atoms with E-state index in [0.29, 0.717) is 17.8 Å². The molecule has 0 aromatic carbocycles. The minimum Gasteiger partial charge on any atom is -0.461 e. The van der Waals surface area contributed by atoms with E-state index in [4.69, 9.17) is 23.7 Å². The highest BCUT2D eigenvalue weighted by Crippen LogP contribution is 2.40. The first-order chi connectivity index (χ1) is 22.1. The summed E-state index contributed by atoms with van der Waals surface area (Å²) in [5, 5.41) is 43.7. The van der Waals surface area contributed by atoms with Gasteiger partial charge < -0.3 is 43.9 Å². The molecule has 0 spiro atoms. The van der Waals surface area contributed by atoms with Crippen molar-refractivity contribution in [2.45, 2.75) is 156 Å². The van der Waals surface area contributed by atoms with E-state index >= 15 is 0 Å². The van der Waals surface area contributed by atoms with Crippen LogP contribution in [0.25, 0.3) is 0 Å². The second-order valence-electron chi connectivity index (χ2n) is 14.8. The number of cyclic esters (lactones) is 1. The number of rotatable bonds is 7. The van der Waals surface area contributed by atoms with Crippen molar-refractivity contribution in [1.29, 1.82) is 0 Å². The Morgan fingerprint density at radius 1 is 1.06 bits per heavy atom. The van der Waals surface area contributed by atoms with Crippen LogP contribution in [-0.4, -0.2) is 125 Å². The van der Waals surface area contributed by atoms with E-state index in [1.54, 1.807) is 48.7 Å². The molecule has 14 atom stereocenters. The Kier molecular flexibility index (Phi) is 15.2. The minimum absolute atomic E-state index is 0.201. The minimum atomic E-state index is -1.87. The Hall–Kier alpha value is -2.00. The van der Waals surface area contributed by atoms with Gasteiger partial charge >= 0.3 is 11.9 Å². The zero-order valence-corrected chi connectivity index (χ0v) is 31.6. The van der Waals surface area contributed by atoms with Crippen LogP contribution in [0.4, 0.5) is 0 Å². The summed E-state index contributed by atoms with van der Waals surface area (Å²) in [6, 6.07) is -0.256. The molecule has 2 aliphatic heterocycles. The molecule has 0 bridgehead atoms. The highest BCUT2D eigenvalue weighted by atomic mass is 16.7. The van der Waals surface area contributed by atoms with Crippen LogP contribution < -0.4 is 0 Å². The molecule has 278 valence electrons. The summed E-state index contributed by atoms with van der Waals surface area (Å²) in [5.74, 6) is -4.16. The van der Waals surface area contributed by atoms with E-state index in [2.05, 4.69) is 10.2 Å². The number of carbonyl (C=O) groups is 2. The number of aliphatic hydroxyl groups is 3. The van der Waals surface area contributed by atoms with Crippen LogP contribution in [0.5, 0.6) is 0 Å². The second kappa shape index (κ2) is 17.3. The normalized spacial score (nSPS) is 43.0. The molecule has 48 heavy (non-hydrogen) atoms. The Morgan fingerprint density at radius 2 is 1.67 bits per heavy atom. The third-order valence-corrected chi connectivity index (χ3v) is 10.2. The number of likely N-dealkylation sites (N-methyl/N-ethyl adjacent to an activating group) is 1. The zero-order valence-electron chi connectivity index (χ0n) is 31.6. The van der Waals surface area contributed by atoms with E-state index in [9.17, 15) is 24.9 Å². The molecule has 13 heteroatoms. The number of aliphatic hydroxyl groups excluding tert-OH is 2. The molecule has 0 amide bonds. The number of nitrogens with zero attached hydrogens (tertiary/aromatic N) is 3. The molecule has 4 unspecified atom stereocenters. The Labute approximate surface area is 287 Å². The quantitative estimate of drug-likeness (QED) is 0.204. The summed E-state index contributed by atoms with van der Waals surface area (Å²) in [7, 11) is 5.31. The monoisotopic (exact) mass is 685 g/mol. The van der Waals surface area contributed by atoms with Crippen molar-refractivity contribution in [1.82, 2.24) is 4.90 Å². The van der Waals surface area contributed by atoms with Crippen molar-refractivity contribution in [2.75, 3.05) is 21.2 Å². The number of ether oxygens (including phenoxy) is 5. The zero-order chi connectivity index (χ0) is 36.9. The number of carbonyl (C=O) groups excluding carboxylic acids is 2. The summed E-state index contributed by atoms with van der Waals surface area (Å²) in [5.41, 5.74) is -1.84. The first kappa shape index (κ1) is 42.2. The molecule has 0 aromatic heterocycles. The Balaban J connectivity index is 2.86. The van der Waals surface area contributed by atoms with Crippen molar-refractivity contribution in [3.63, 3.8) is 0 Å². The molecule has 2 heterocycles. The van der Waals surface area contributed by atoms with Gasteiger partial charge in [0.2, 0.25) is 0 Å². The van der Waals surface area contributed by atoms with E-state index in [-0.39, 0.29) is 25.0 Å². The third kappa shape index (κ3) is 9.82. The third-order valence-electron chi connectivity index (χ3n) is 10.2. The molecule has 0 saturated carbocycles. The van der Waals surface area contributed by atoms with Gasteiger partial charge in [-0.25, -0.2) is 0 Å². The standard InChI is InChI=1S/C35H63N3O10/c1-15-26-35(11,43)30(41)21(6)27(37-36-18(2)3)19(4)17-34(10,44-14)31(22(7)29(46-24(9)39)23(8)32(42)47-26)48-33-28(40)25(38(12)13)16-20(5)45-33/h19-23,25-26,28-31,33,40-41,43H,15-17H2,1-14H3/b37-27+/t19-,20?,21+,22+,23-,25?,26-,28?,29+,30-,31-,33?,34-,35-/m1/s1. The molecule has 0 aliphatic carbocycles. The number of hydrogen-bond acceptors (Lipinski definition) is 13. The fourth-order valence-electron chi connectivity index (χ4n) is 7.33. The summed E-state index contributed by atoms with van der Waals surface area (Å²) in [4.78, 5) is 28.3. The highest BCUT2D eigenvalue weighted by Gasteiger charge is 2.52. The lowest BCUT2D eigenvalue weighted by molar-refractivity contribution is -0.301. The van der Waals surface area contributed by atoms with Gasteiger partial charge in [-0.05, 0) is 80.8 Å². The molecule has 2 saturated heterocycles. The van der Waals surface area contributed by atoms with Crippen molar-refractivity contribution >= 4 is 23.4 Å². The number of methoxy groups -OCH3 is 1. The largest absolute Gasteiger partial charge is 0.461 e. The lowest BCUT2D eigenvalue weighted by Gasteiger charge is -2.48. The highest BCUT2D eigenvalue weighted by molar-refractivity contribution is 5.90. The molecular formula is C35H63N3O10. The predicted molar refractivity (Wildman–Crippen MR) is 183 cm³/mol. The first-order valence-electron chi connectivity index (χ1n) is 17.2. The van der Waals surface area contributed by atoms with Crippen LogP contribution in [0, 0.1) is 23.7 Å². The van der Waals surface area contributed by atoms with Crippen molar-refractivity contribution in [3.8, 4) is 0 Å². The summed E-state index contributed by atoms with van der Waals surface area (Å²) in [6.45, 7) is 18.9. The van der Waals surface area contributed by atoms with Gasteiger partial charge in [0.05, 0.1) is 29.8 Å². The van der Waals surface area contributed by atoms with Gasteiger partial charge in [0, 0.05) is 43.3 Å². The van der Waals surface area contributed by atoms with Crippen LogP contribution in [0.2, 0.25) is 0 Å². The molecule has 3 N–H and O–H groups in total. The first-order valence-corrected chi connectivity index (χ1v) is 17.2. The lowest BCUT2D eigenvalue weighted by atomic mass is 9.73. The van der Waals surface area contributed by atoms with Crippen molar-refractivity contribution in [2.24, 2.45) is 33.9 Å². The van der Waals surface area contributed by atoms with Gasteiger partial charge in [-0.15, -0.1) is 0 Å². The maximum absolute atomic E-state index is 13.8. The summed E-state index contributed by atoms with van der Waals surface area (Å²) in [6.07, 6.45) is -5.75. The molecule has 0 aromatic rings. The van der Waals surface area contributed by atoms with Crippen LogP contribution in [0.15, 0.2) is 10.2 Å². The van der Waals surface area contributed by atoms with Crippen molar-refractivity contribution in [3.05, 3.63) is 0 Å². The summed E-state index contributed by atoms with van der Waals surface area (Å²) >= 11 is 0. The second-order valence-corrected chi connectivity index (χ2v) is 14.8. The molecule has 2 rings (SSSR count). The van der Waals surface area contributed by atoms with Gasteiger partial charge in [0.1, 0.15) is 23.9 Å². The lowest BCUT2D eigenvalue weighted by Crippen LogP contribution is -2.60. The van der Waals surface area contributed by atoms with Crippen LogP contribution >= 0.6 is 0 Å². The van der Waals surface area contributed by atoms with Gasteiger partial charge in [0.25, 0.3) is 0 Å². The molecule has 0 radical (unpaired) electrons. The number of hydrogen-bond donors (Lipinski definition) is 3. The summed E-state index contributed by atoms with van der Waals surface area (Å²) < 4.78 is 30.9. The van der Waals surface area contributed by atoms with E-state index < -0.39 is 83.6 Å². The Bertz CT molecular complexity index is 1140.